The molecule has 0 amide bonds. The van der Waals surface area contributed by atoms with Gasteiger partial charge < -0.3 is 10.6 Å². The number of hydrogen-bond acceptors (Lipinski definition) is 5. The summed E-state index contributed by atoms with van der Waals surface area (Å²) in [7, 11) is 0. The van der Waals surface area contributed by atoms with Crippen LogP contribution in [-0.2, 0) is 6.42 Å². The van der Waals surface area contributed by atoms with Gasteiger partial charge in [0.05, 0.1) is 5.39 Å². The van der Waals surface area contributed by atoms with Gasteiger partial charge in [-0.05, 0) is 32.3 Å². The second-order valence-electron chi connectivity index (χ2n) is 4.71. The molecule has 1 aliphatic rings. The summed E-state index contributed by atoms with van der Waals surface area (Å²) in [5.41, 5.74) is 5.85. The predicted molar refractivity (Wildman–Crippen MR) is 77.2 cm³/mol. The van der Waals surface area contributed by atoms with Gasteiger partial charge in [-0.3, -0.25) is 0 Å². The van der Waals surface area contributed by atoms with Gasteiger partial charge in [0.15, 0.2) is 0 Å². The molecule has 96 valence electrons. The van der Waals surface area contributed by atoms with Gasteiger partial charge in [0.1, 0.15) is 10.6 Å². The van der Waals surface area contributed by atoms with E-state index in [-0.39, 0.29) is 0 Å². The average molecular weight is 262 g/mol. The van der Waals surface area contributed by atoms with Crippen LogP contribution in [0.5, 0.6) is 0 Å². The van der Waals surface area contributed by atoms with Crippen LogP contribution in [0.2, 0.25) is 0 Å². The molecule has 0 aromatic carbocycles. The van der Waals surface area contributed by atoms with Crippen LogP contribution in [0, 0.1) is 0 Å². The second kappa shape index (κ2) is 4.39. The van der Waals surface area contributed by atoms with Crippen molar-refractivity contribution < 1.29 is 0 Å². The van der Waals surface area contributed by atoms with Gasteiger partial charge in [-0.25, -0.2) is 4.98 Å². The Bertz CT molecular complexity index is 574. The summed E-state index contributed by atoms with van der Waals surface area (Å²) in [6, 6.07) is 2.87. The third kappa shape index (κ3) is 1.92. The van der Waals surface area contributed by atoms with Gasteiger partial charge in [0, 0.05) is 17.5 Å². The van der Waals surface area contributed by atoms with E-state index in [1.54, 1.807) is 11.3 Å². The first kappa shape index (κ1) is 11.7. The molecule has 2 aromatic rings. The molecule has 2 N–H and O–H groups in total. The van der Waals surface area contributed by atoms with Crippen LogP contribution in [-0.4, -0.2) is 22.6 Å². The molecule has 0 spiro atoms. The molecule has 5 heteroatoms. The zero-order chi connectivity index (χ0) is 12.7. The highest BCUT2D eigenvalue weighted by molar-refractivity contribution is 7.18. The Kier molecular flexibility index (Phi) is 2.86. The maximum atomic E-state index is 5.85. The maximum Gasteiger partial charge on any atom is 0.223 e. The fraction of sp³-hybridized carbons (Fsp3) is 0.538. The van der Waals surface area contributed by atoms with Crippen LogP contribution in [0.25, 0.3) is 10.2 Å². The number of nitrogens with two attached hydrogens (primary N) is 1. The summed E-state index contributed by atoms with van der Waals surface area (Å²) >= 11 is 1.73. The van der Waals surface area contributed by atoms with Gasteiger partial charge in [0.2, 0.25) is 5.95 Å². The van der Waals surface area contributed by atoms with E-state index in [4.69, 9.17) is 5.73 Å². The predicted octanol–water partition coefficient (Wildman–Crippen LogP) is 2.82. The third-order valence-corrected chi connectivity index (χ3v) is 4.56. The lowest BCUT2D eigenvalue weighted by atomic mass is 10.3. The van der Waals surface area contributed by atoms with E-state index in [1.807, 2.05) is 0 Å². The molecule has 4 nitrogen and oxygen atoms in total. The number of nitrogens with zero attached hydrogens (tertiary/aromatic N) is 3. The topological polar surface area (TPSA) is 55.0 Å². The van der Waals surface area contributed by atoms with Crippen LogP contribution in [0.3, 0.4) is 0 Å². The number of aryl methyl sites for hydroxylation is 1. The van der Waals surface area contributed by atoms with Gasteiger partial charge in [-0.15, -0.1) is 11.3 Å². The average Bonchev–Trinajstić information content (AvgIpc) is 3.09. The van der Waals surface area contributed by atoms with E-state index >= 15 is 0 Å². The zero-order valence-corrected chi connectivity index (χ0v) is 11.6. The Balaban J connectivity index is 2.16. The number of thiophene rings is 1. The van der Waals surface area contributed by atoms with Crippen molar-refractivity contribution in [2.24, 2.45) is 0 Å². The smallest absolute Gasteiger partial charge is 0.223 e. The minimum absolute atomic E-state index is 0.390. The van der Waals surface area contributed by atoms with Crippen LogP contribution in [0.15, 0.2) is 6.07 Å². The van der Waals surface area contributed by atoms with Crippen molar-refractivity contribution in [3.63, 3.8) is 0 Å². The van der Waals surface area contributed by atoms with Gasteiger partial charge in [-0.2, -0.15) is 4.98 Å². The molecule has 0 aliphatic heterocycles. The number of nitrogen functional groups attached to an aromatic ring is 1. The normalized spacial score (nSPS) is 15.2. The van der Waals surface area contributed by atoms with Crippen molar-refractivity contribution in [3.8, 4) is 0 Å². The van der Waals surface area contributed by atoms with E-state index in [9.17, 15) is 0 Å². The molecule has 0 bridgehead atoms. The first-order chi connectivity index (χ1) is 8.72. The highest BCUT2D eigenvalue weighted by atomic mass is 32.1. The molecule has 0 radical (unpaired) electrons. The van der Waals surface area contributed by atoms with E-state index in [0.29, 0.717) is 12.0 Å². The number of anilines is 2. The summed E-state index contributed by atoms with van der Waals surface area (Å²) in [4.78, 5) is 13.6. The maximum absolute atomic E-state index is 5.85. The second-order valence-corrected chi connectivity index (χ2v) is 5.82. The lowest BCUT2D eigenvalue weighted by molar-refractivity contribution is 0.813. The number of fused-ring (bicyclic) bond motifs is 1. The largest absolute Gasteiger partial charge is 0.368 e. The Morgan fingerprint density at radius 3 is 2.78 bits per heavy atom. The molecule has 1 aliphatic carbocycles. The molecular weight excluding hydrogens is 244 g/mol. The lowest BCUT2D eigenvalue weighted by Crippen LogP contribution is -2.26. The Morgan fingerprint density at radius 1 is 1.39 bits per heavy atom. The quantitative estimate of drug-likeness (QED) is 0.920. The van der Waals surface area contributed by atoms with Crippen LogP contribution >= 0.6 is 11.3 Å². The van der Waals surface area contributed by atoms with E-state index in [0.717, 1.165) is 23.6 Å². The summed E-state index contributed by atoms with van der Waals surface area (Å²) in [5.74, 6) is 1.42. The number of hydrogen-bond donors (Lipinski definition) is 1. The van der Waals surface area contributed by atoms with Crippen molar-refractivity contribution in [3.05, 3.63) is 10.9 Å². The Hall–Kier alpha value is -1.36. The molecule has 3 rings (SSSR count). The summed E-state index contributed by atoms with van der Waals surface area (Å²) in [5, 5.41) is 1.17. The molecular formula is C13H18N4S. The minimum Gasteiger partial charge on any atom is -0.368 e. The molecule has 0 atom stereocenters. The van der Waals surface area contributed by atoms with Crippen LogP contribution in [0.4, 0.5) is 11.8 Å². The minimum atomic E-state index is 0.390. The number of aromatic nitrogens is 2. The van der Waals surface area contributed by atoms with Gasteiger partial charge in [-0.1, -0.05) is 6.92 Å². The fourth-order valence-electron chi connectivity index (χ4n) is 2.33. The molecule has 2 aromatic heterocycles. The lowest BCUT2D eigenvalue weighted by Gasteiger charge is -2.22. The Morgan fingerprint density at radius 2 is 2.17 bits per heavy atom. The van der Waals surface area contributed by atoms with Crippen molar-refractivity contribution >= 4 is 33.3 Å². The molecule has 18 heavy (non-hydrogen) atoms. The van der Waals surface area contributed by atoms with Crippen molar-refractivity contribution in [2.45, 2.75) is 39.2 Å². The third-order valence-electron chi connectivity index (χ3n) is 3.39. The standard InChI is InChI=1S/C13H18N4S/c1-3-9-7-10-11(17(4-2)8-5-6-8)15-13(14)16-12(10)18-9/h7-8H,3-6H2,1-2H3,(H2,14,15,16). The monoisotopic (exact) mass is 262 g/mol. The Labute approximate surface area is 111 Å². The molecule has 0 saturated heterocycles. The van der Waals surface area contributed by atoms with E-state index in [2.05, 4.69) is 34.8 Å². The molecule has 0 unspecified atom stereocenters. The molecule has 1 fully saturated rings. The fourth-order valence-corrected chi connectivity index (χ4v) is 3.30. The zero-order valence-electron chi connectivity index (χ0n) is 10.8. The van der Waals surface area contributed by atoms with Crippen LogP contribution in [0.1, 0.15) is 31.6 Å². The van der Waals surface area contributed by atoms with Crippen LogP contribution < -0.4 is 10.6 Å². The van der Waals surface area contributed by atoms with E-state index < -0.39 is 0 Å². The highest BCUT2D eigenvalue weighted by Crippen LogP contribution is 2.37. The van der Waals surface area contributed by atoms with Gasteiger partial charge >= 0.3 is 0 Å². The number of rotatable bonds is 4. The molecule has 1 saturated carbocycles. The first-order valence-corrected chi connectivity index (χ1v) is 7.37. The highest BCUT2D eigenvalue weighted by Gasteiger charge is 2.30. The van der Waals surface area contributed by atoms with Crippen molar-refractivity contribution in [1.82, 2.24) is 9.97 Å². The summed E-state index contributed by atoms with van der Waals surface area (Å²) < 4.78 is 0. The SMILES string of the molecule is CCc1cc2c(N(CC)C3CC3)nc(N)nc2s1. The summed E-state index contributed by atoms with van der Waals surface area (Å²) in [6.45, 7) is 5.32. The van der Waals surface area contributed by atoms with E-state index in [1.165, 1.54) is 23.1 Å². The first-order valence-electron chi connectivity index (χ1n) is 6.55. The molecule has 2 heterocycles. The van der Waals surface area contributed by atoms with Gasteiger partial charge in [0.25, 0.3) is 0 Å². The van der Waals surface area contributed by atoms with Crippen molar-refractivity contribution in [2.75, 3.05) is 17.2 Å². The summed E-state index contributed by atoms with van der Waals surface area (Å²) in [6.07, 6.45) is 3.57. The van der Waals surface area contributed by atoms with Crippen molar-refractivity contribution in [1.29, 1.82) is 0 Å².